The minimum atomic E-state index is -3.77. The number of amides is 4. The van der Waals surface area contributed by atoms with Crippen LogP contribution in [0.15, 0.2) is 59.5 Å². The molecule has 2 aromatic rings. The summed E-state index contributed by atoms with van der Waals surface area (Å²) in [6, 6.07) is 13.7. The van der Waals surface area contributed by atoms with E-state index in [0.717, 1.165) is 0 Å². The van der Waals surface area contributed by atoms with Gasteiger partial charge in [-0.25, -0.2) is 13.2 Å². The second kappa shape index (κ2) is 7.45. The highest BCUT2D eigenvalue weighted by Gasteiger charge is 2.48. The largest absolute Gasteiger partial charge is 0.338 e. The van der Waals surface area contributed by atoms with Gasteiger partial charge < -0.3 is 10.2 Å². The lowest BCUT2D eigenvalue weighted by Crippen LogP contribution is -2.55. The van der Waals surface area contributed by atoms with Crippen LogP contribution in [0.4, 0.5) is 10.5 Å². The number of hydrogen-bond donors (Lipinski definition) is 3. The zero-order valence-corrected chi connectivity index (χ0v) is 16.7. The van der Waals surface area contributed by atoms with Gasteiger partial charge in [0.15, 0.2) is 0 Å². The molecular formula is C20H20N4O5S. The number of anilines is 1. The van der Waals surface area contributed by atoms with Crippen molar-refractivity contribution >= 4 is 33.6 Å². The molecule has 2 aliphatic rings. The smallest absolute Gasteiger partial charge is 0.322 e. The fraction of sp³-hybridized carbons (Fsp3) is 0.250. The molecule has 0 radical (unpaired) electrons. The average Bonchev–Trinajstić information content (AvgIpc) is 3.01. The molecule has 3 N–H and O–H groups in total. The van der Waals surface area contributed by atoms with Gasteiger partial charge >= 0.3 is 6.03 Å². The number of carbonyl (C=O) groups excluding carboxylic acids is 3. The normalized spacial score (nSPS) is 18.1. The first-order valence-corrected chi connectivity index (χ1v) is 10.9. The highest BCUT2D eigenvalue weighted by molar-refractivity contribution is 7.92. The van der Waals surface area contributed by atoms with Crippen molar-refractivity contribution in [2.45, 2.75) is 23.3 Å². The van der Waals surface area contributed by atoms with E-state index in [1.165, 1.54) is 24.3 Å². The van der Waals surface area contributed by atoms with E-state index in [-0.39, 0.29) is 16.7 Å². The SMILES string of the molecule is O=C1NC(=O)C2(CCN(C(=O)c3ccc(S(=O)(=O)Nc4ccccc4)cc3)CC2)N1. The molecule has 0 unspecified atom stereocenters. The predicted molar refractivity (Wildman–Crippen MR) is 108 cm³/mol. The first-order chi connectivity index (χ1) is 14.3. The van der Waals surface area contributed by atoms with Gasteiger partial charge in [0.2, 0.25) is 0 Å². The molecule has 2 heterocycles. The van der Waals surface area contributed by atoms with Crippen molar-refractivity contribution in [1.82, 2.24) is 15.5 Å². The van der Waals surface area contributed by atoms with Gasteiger partial charge in [-0.15, -0.1) is 0 Å². The Bertz CT molecular complexity index is 1090. The number of hydrogen-bond acceptors (Lipinski definition) is 5. The lowest BCUT2D eigenvalue weighted by molar-refractivity contribution is -0.125. The Hall–Kier alpha value is -3.40. The third kappa shape index (κ3) is 3.73. The number of carbonyl (C=O) groups is 3. The van der Waals surface area contributed by atoms with Gasteiger partial charge in [0, 0.05) is 24.3 Å². The molecule has 2 aliphatic heterocycles. The van der Waals surface area contributed by atoms with Crippen molar-refractivity contribution in [2.75, 3.05) is 17.8 Å². The van der Waals surface area contributed by atoms with Crippen LogP contribution < -0.4 is 15.4 Å². The molecule has 2 saturated heterocycles. The number of imide groups is 1. The van der Waals surface area contributed by atoms with Crippen LogP contribution in [0.2, 0.25) is 0 Å². The second-order valence-electron chi connectivity index (χ2n) is 7.28. The average molecular weight is 428 g/mol. The van der Waals surface area contributed by atoms with Crippen LogP contribution in [0, 0.1) is 0 Å². The van der Waals surface area contributed by atoms with Crippen molar-refractivity contribution in [3.05, 3.63) is 60.2 Å². The van der Waals surface area contributed by atoms with Gasteiger partial charge in [-0.2, -0.15) is 0 Å². The zero-order valence-electron chi connectivity index (χ0n) is 15.9. The Kier molecular flexibility index (Phi) is 4.94. The molecular weight excluding hydrogens is 408 g/mol. The number of piperidine rings is 1. The summed E-state index contributed by atoms with van der Waals surface area (Å²) in [6.45, 7) is 0.615. The number of sulfonamides is 1. The topological polar surface area (TPSA) is 125 Å². The molecule has 30 heavy (non-hydrogen) atoms. The molecule has 0 bridgehead atoms. The number of nitrogens with zero attached hydrogens (tertiary/aromatic N) is 1. The minimum absolute atomic E-state index is 0.0471. The Labute approximate surface area is 173 Å². The Morgan fingerprint density at radius 1 is 0.967 bits per heavy atom. The molecule has 0 aliphatic carbocycles. The first-order valence-electron chi connectivity index (χ1n) is 9.40. The molecule has 10 heteroatoms. The van der Waals surface area contributed by atoms with E-state index in [2.05, 4.69) is 15.4 Å². The number of benzene rings is 2. The summed E-state index contributed by atoms with van der Waals surface area (Å²) in [5.74, 6) is -0.616. The predicted octanol–water partition coefficient (Wildman–Crippen LogP) is 1.30. The fourth-order valence-electron chi connectivity index (χ4n) is 3.65. The molecule has 4 rings (SSSR count). The van der Waals surface area contributed by atoms with Crippen LogP contribution in [-0.4, -0.2) is 49.8 Å². The highest BCUT2D eigenvalue weighted by Crippen LogP contribution is 2.26. The fourth-order valence-corrected chi connectivity index (χ4v) is 4.71. The first kappa shape index (κ1) is 19.9. The summed E-state index contributed by atoms with van der Waals surface area (Å²) in [4.78, 5) is 37.8. The van der Waals surface area contributed by atoms with Gasteiger partial charge in [0.1, 0.15) is 5.54 Å². The Balaban J connectivity index is 1.42. The Morgan fingerprint density at radius 2 is 1.60 bits per heavy atom. The summed E-state index contributed by atoms with van der Waals surface area (Å²) in [5.41, 5.74) is -0.151. The van der Waals surface area contributed by atoms with Crippen molar-refractivity contribution in [1.29, 1.82) is 0 Å². The van der Waals surface area contributed by atoms with E-state index >= 15 is 0 Å². The molecule has 2 fully saturated rings. The van der Waals surface area contributed by atoms with Crippen LogP contribution in [0.5, 0.6) is 0 Å². The number of rotatable bonds is 4. The van der Waals surface area contributed by atoms with Gasteiger partial charge in [-0.05, 0) is 49.2 Å². The van der Waals surface area contributed by atoms with Gasteiger partial charge in [-0.1, -0.05) is 18.2 Å². The molecule has 0 saturated carbocycles. The van der Waals surface area contributed by atoms with Gasteiger partial charge in [0.25, 0.3) is 21.8 Å². The molecule has 0 aromatic heterocycles. The maximum atomic E-state index is 12.8. The quantitative estimate of drug-likeness (QED) is 0.633. The lowest BCUT2D eigenvalue weighted by atomic mass is 9.87. The third-order valence-corrected chi connectivity index (χ3v) is 6.75. The Morgan fingerprint density at radius 3 is 2.17 bits per heavy atom. The van der Waals surface area contributed by atoms with E-state index in [0.29, 0.717) is 37.2 Å². The summed E-state index contributed by atoms with van der Waals surface area (Å²) in [5, 5.41) is 4.89. The van der Waals surface area contributed by atoms with Crippen LogP contribution in [0.25, 0.3) is 0 Å². The van der Waals surface area contributed by atoms with E-state index in [9.17, 15) is 22.8 Å². The molecule has 2 aromatic carbocycles. The lowest BCUT2D eigenvalue weighted by Gasteiger charge is -2.37. The minimum Gasteiger partial charge on any atom is -0.338 e. The number of urea groups is 1. The van der Waals surface area contributed by atoms with Crippen molar-refractivity contribution < 1.29 is 22.8 Å². The number of para-hydroxylation sites is 1. The summed E-state index contributed by atoms with van der Waals surface area (Å²) in [7, 11) is -3.77. The molecule has 4 amide bonds. The van der Waals surface area contributed by atoms with Crippen LogP contribution in [-0.2, 0) is 14.8 Å². The van der Waals surface area contributed by atoms with E-state index < -0.39 is 21.6 Å². The highest BCUT2D eigenvalue weighted by atomic mass is 32.2. The third-order valence-electron chi connectivity index (χ3n) is 5.36. The van der Waals surface area contributed by atoms with Crippen molar-refractivity contribution in [2.24, 2.45) is 0 Å². The summed E-state index contributed by atoms with van der Waals surface area (Å²) in [6.07, 6.45) is 0.646. The van der Waals surface area contributed by atoms with Crippen molar-refractivity contribution in [3.8, 4) is 0 Å². The van der Waals surface area contributed by atoms with E-state index in [1.54, 1.807) is 35.2 Å². The van der Waals surface area contributed by atoms with Crippen LogP contribution in [0.1, 0.15) is 23.2 Å². The van der Waals surface area contributed by atoms with Gasteiger partial charge in [-0.3, -0.25) is 19.6 Å². The monoisotopic (exact) mass is 428 g/mol. The zero-order chi connectivity index (χ0) is 21.4. The second-order valence-corrected chi connectivity index (χ2v) is 8.96. The summed E-state index contributed by atoms with van der Waals surface area (Å²) >= 11 is 0. The van der Waals surface area contributed by atoms with E-state index in [1.807, 2.05) is 0 Å². The molecule has 1 spiro atoms. The molecule has 9 nitrogen and oxygen atoms in total. The van der Waals surface area contributed by atoms with Crippen molar-refractivity contribution in [3.63, 3.8) is 0 Å². The number of likely N-dealkylation sites (tertiary alicyclic amines) is 1. The molecule has 156 valence electrons. The summed E-state index contributed by atoms with van der Waals surface area (Å²) < 4.78 is 27.5. The standard InChI is InChI=1S/C20H20N4O5S/c25-17(24-12-10-20(11-13-24)18(26)21-19(27)22-20)14-6-8-16(9-7-14)30(28,29)23-15-4-2-1-3-5-15/h1-9,23H,10-13H2,(H2,21,22,26,27). The maximum Gasteiger partial charge on any atom is 0.322 e. The van der Waals surface area contributed by atoms with Crippen LogP contribution >= 0.6 is 0 Å². The number of nitrogens with one attached hydrogen (secondary N) is 3. The van der Waals surface area contributed by atoms with Crippen LogP contribution in [0.3, 0.4) is 0 Å². The maximum absolute atomic E-state index is 12.8. The molecule has 0 atom stereocenters. The van der Waals surface area contributed by atoms with Gasteiger partial charge in [0.05, 0.1) is 4.90 Å². The van der Waals surface area contributed by atoms with E-state index in [4.69, 9.17) is 0 Å².